The molecule has 1 rings (SSSR count). The Labute approximate surface area is 94.7 Å². The van der Waals surface area contributed by atoms with Crippen LogP contribution < -0.4 is 0 Å². The van der Waals surface area contributed by atoms with E-state index in [4.69, 9.17) is 0 Å². The smallest absolute Gasteiger partial charge is 0.0219 e. The van der Waals surface area contributed by atoms with Gasteiger partial charge >= 0.3 is 0 Å². The Morgan fingerprint density at radius 1 is 1.07 bits per heavy atom. The summed E-state index contributed by atoms with van der Waals surface area (Å²) in [5.74, 6) is 0.648. The first kappa shape index (κ1) is 12.3. The van der Waals surface area contributed by atoms with Gasteiger partial charge in [-0.25, -0.2) is 0 Å². The monoisotopic (exact) mass is 204 g/mol. The van der Waals surface area contributed by atoms with Crippen LogP contribution in [-0.4, -0.2) is 0 Å². The van der Waals surface area contributed by atoms with Crippen molar-refractivity contribution >= 4 is 0 Å². The van der Waals surface area contributed by atoms with Gasteiger partial charge < -0.3 is 0 Å². The fourth-order valence-electron chi connectivity index (χ4n) is 1.95. The predicted molar refractivity (Wildman–Crippen MR) is 68.5 cm³/mol. The second-order valence-electron chi connectivity index (χ2n) is 4.86. The molecule has 0 saturated carbocycles. The lowest BCUT2D eigenvalue weighted by molar-refractivity contribution is 0.715. The van der Waals surface area contributed by atoms with Crippen molar-refractivity contribution in [2.24, 2.45) is 0 Å². The van der Waals surface area contributed by atoms with E-state index in [2.05, 4.69) is 45.9 Å². The number of unbranched alkanes of at least 4 members (excludes halogenated alkanes) is 2. The van der Waals surface area contributed by atoms with Crippen LogP contribution in [0.4, 0.5) is 0 Å². The number of aryl methyl sites for hydroxylation is 2. The molecule has 0 bridgehead atoms. The molecular weight excluding hydrogens is 180 g/mol. The van der Waals surface area contributed by atoms with E-state index in [0.717, 1.165) is 0 Å². The first-order valence-corrected chi connectivity index (χ1v) is 6.24. The molecule has 0 aliphatic carbocycles. The molecule has 0 spiro atoms. The summed E-state index contributed by atoms with van der Waals surface area (Å²) in [6.07, 6.45) is 5.24. The number of hydrogen-bond acceptors (Lipinski definition) is 0. The van der Waals surface area contributed by atoms with E-state index < -0.39 is 0 Å². The standard InChI is InChI=1S/C15H24/c1-5-6-7-8-14-9-13(4)10-15(11-14)12(2)3/h9-12H,5-8H2,1-4H3. The lowest BCUT2D eigenvalue weighted by Crippen LogP contribution is -1.93. The summed E-state index contributed by atoms with van der Waals surface area (Å²) >= 11 is 0. The van der Waals surface area contributed by atoms with Crippen LogP contribution in [0.3, 0.4) is 0 Å². The average molecular weight is 204 g/mol. The van der Waals surface area contributed by atoms with E-state index in [1.807, 2.05) is 0 Å². The highest BCUT2D eigenvalue weighted by atomic mass is 14.1. The van der Waals surface area contributed by atoms with Gasteiger partial charge in [-0.05, 0) is 36.8 Å². The highest BCUT2D eigenvalue weighted by Gasteiger charge is 2.02. The Morgan fingerprint density at radius 2 is 1.80 bits per heavy atom. The molecule has 0 radical (unpaired) electrons. The largest absolute Gasteiger partial charge is 0.0654 e. The SMILES string of the molecule is CCCCCc1cc(C)cc(C(C)C)c1. The van der Waals surface area contributed by atoms with Crippen molar-refractivity contribution in [3.05, 3.63) is 34.9 Å². The first-order chi connectivity index (χ1) is 7.13. The zero-order valence-electron chi connectivity index (χ0n) is 10.6. The van der Waals surface area contributed by atoms with E-state index >= 15 is 0 Å². The Hall–Kier alpha value is -0.780. The molecule has 0 aliphatic heterocycles. The van der Waals surface area contributed by atoms with Gasteiger partial charge in [0, 0.05) is 0 Å². The molecule has 0 heteroatoms. The molecule has 0 amide bonds. The third kappa shape index (κ3) is 4.07. The summed E-state index contributed by atoms with van der Waals surface area (Å²) in [6, 6.07) is 7.03. The molecule has 0 heterocycles. The Bertz CT molecular complexity index is 297. The Morgan fingerprint density at radius 3 is 2.40 bits per heavy atom. The molecule has 0 aromatic heterocycles. The molecule has 0 atom stereocenters. The molecule has 84 valence electrons. The summed E-state index contributed by atoms with van der Waals surface area (Å²) in [5, 5.41) is 0. The van der Waals surface area contributed by atoms with Gasteiger partial charge in [0.2, 0.25) is 0 Å². The van der Waals surface area contributed by atoms with Crippen molar-refractivity contribution < 1.29 is 0 Å². The number of rotatable bonds is 5. The molecule has 0 N–H and O–H groups in total. The maximum absolute atomic E-state index is 2.38. The Kier molecular flexibility index (Phi) is 4.87. The minimum Gasteiger partial charge on any atom is -0.0654 e. The van der Waals surface area contributed by atoms with Gasteiger partial charge in [-0.1, -0.05) is 57.4 Å². The summed E-state index contributed by atoms with van der Waals surface area (Å²) < 4.78 is 0. The van der Waals surface area contributed by atoms with Crippen molar-refractivity contribution in [1.82, 2.24) is 0 Å². The second kappa shape index (κ2) is 5.95. The third-order valence-electron chi connectivity index (χ3n) is 2.90. The van der Waals surface area contributed by atoms with Crippen LogP contribution in [0.5, 0.6) is 0 Å². The Balaban J connectivity index is 2.71. The van der Waals surface area contributed by atoms with Gasteiger partial charge in [-0.2, -0.15) is 0 Å². The van der Waals surface area contributed by atoms with Crippen LogP contribution in [0, 0.1) is 6.92 Å². The van der Waals surface area contributed by atoms with Crippen molar-refractivity contribution in [3.8, 4) is 0 Å². The fraction of sp³-hybridized carbons (Fsp3) is 0.600. The van der Waals surface area contributed by atoms with Gasteiger partial charge in [0.1, 0.15) is 0 Å². The van der Waals surface area contributed by atoms with Crippen LogP contribution in [-0.2, 0) is 6.42 Å². The number of benzene rings is 1. The van der Waals surface area contributed by atoms with Gasteiger partial charge in [0.15, 0.2) is 0 Å². The quantitative estimate of drug-likeness (QED) is 0.601. The van der Waals surface area contributed by atoms with Gasteiger partial charge in [0.25, 0.3) is 0 Å². The zero-order valence-corrected chi connectivity index (χ0v) is 10.6. The molecule has 0 aliphatic rings. The topological polar surface area (TPSA) is 0 Å². The minimum absolute atomic E-state index is 0.648. The molecule has 0 saturated heterocycles. The van der Waals surface area contributed by atoms with Crippen LogP contribution in [0.2, 0.25) is 0 Å². The summed E-state index contributed by atoms with van der Waals surface area (Å²) in [4.78, 5) is 0. The molecule has 1 aromatic carbocycles. The van der Waals surface area contributed by atoms with Crippen molar-refractivity contribution in [1.29, 1.82) is 0 Å². The fourth-order valence-corrected chi connectivity index (χ4v) is 1.95. The predicted octanol–water partition coefficient (Wildman–Crippen LogP) is 4.85. The first-order valence-electron chi connectivity index (χ1n) is 6.24. The lowest BCUT2D eigenvalue weighted by Gasteiger charge is -2.10. The molecule has 0 fully saturated rings. The average Bonchev–Trinajstić information content (AvgIpc) is 2.17. The van der Waals surface area contributed by atoms with Crippen LogP contribution >= 0.6 is 0 Å². The van der Waals surface area contributed by atoms with E-state index in [-0.39, 0.29) is 0 Å². The highest BCUT2D eigenvalue weighted by Crippen LogP contribution is 2.19. The normalized spacial score (nSPS) is 11.0. The molecule has 0 nitrogen and oxygen atoms in total. The van der Waals surface area contributed by atoms with Crippen LogP contribution in [0.1, 0.15) is 62.6 Å². The second-order valence-corrected chi connectivity index (χ2v) is 4.86. The summed E-state index contributed by atoms with van der Waals surface area (Å²) in [6.45, 7) is 9.00. The third-order valence-corrected chi connectivity index (χ3v) is 2.90. The van der Waals surface area contributed by atoms with E-state index in [1.54, 1.807) is 0 Å². The maximum Gasteiger partial charge on any atom is -0.0219 e. The minimum atomic E-state index is 0.648. The van der Waals surface area contributed by atoms with Crippen molar-refractivity contribution in [3.63, 3.8) is 0 Å². The van der Waals surface area contributed by atoms with Gasteiger partial charge in [0.05, 0.1) is 0 Å². The van der Waals surface area contributed by atoms with E-state index in [9.17, 15) is 0 Å². The maximum atomic E-state index is 2.38. The van der Waals surface area contributed by atoms with Crippen molar-refractivity contribution in [2.45, 2.75) is 59.3 Å². The summed E-state index contributed by atoms with van der Waals surface area (Å²) in [7, 11) is 0. The molecule has 1 aromatic rings. The van der Waals surface area contributed by atoms with Crippen LogP contribution in [0.25, 0.3) is 0 Å². The molecular formula is C15H24. The number of hydrogen-bond donors (Lipinski definition) is 0. The van der Waals surface area contributed by atoms with Crippen molar-refractivity contribution in [2.75, 3.05) is 0 Å². The molecule has 0 unspecified atom stereocenters. The highest BCUT2D eigenvalue weighted by molar-refractivity contribution is 5.31. The molecule has 15 heavy (non-hydrogen) atoms. The van der Waals surface area contributed by atoms with E-state index in [0.29, 0.717) is 5.92 Å². The van der Waals surface area contributed by atoms with Gasteiger partial charge in [-0.3, -0.25) is 0 Å². The van der Waals surface area contributed by atoms with Crippen LogP contribution in [0.15, 0.2) is 18.2 Å². The lowest BCUT2D eigenvalue weighted by atomic mass is 9.96. The summed E-state index contributed by atoms with van der Waals surface area (Å²) in [5.41, 5.74) is 4.42. The van der Waals surface area contributed by atoms with Gasteiger partial charge in [-0.15, -0.1) is 0 Å². The van der Waals surface area contributed by atoms with E-state index in [1.165, 1.54) is 42.4 Å². The zero-order chi connectivity index (χ0) is 11.3.